The Bertz CT molecular complexity index is 553. The van der Waals surface area contributed by atoms with Crippen LogP contribution in [-0.4, -0.2) is 19.7 Å². The maximum Gasteiger partial charge on any atom is 0.251 e. The van der Waals surface area contributed by atoms with Crippen LogP contribution in [0.2, 0.25) is 0 Å². The highest BCUT2D eigenvalue weighted by molar-refractivity contribution is 5.56. The van der Waals surface area contributed by atoms with E-state index in [2.05, 4.69) is 15.1 Å². The number of nitrogens with zero attached hydrogens (tertiary/aromatic N) is 3. The molecule has 0 aromatic carbocycles. The fraction of sp³-hybridized carbons (Fsp3) is 0.364. The van der Waals surface area contributed by atoms with Crippen molar-refractivity contribution in [3.63, 3.8) is 0 Å². The third-order valence-electron chi connectivity index (χ3n) is 2.31. The van der Waals surface area contributed by atoms with Crippen molar-refractivity contribution in [3.05, 3.63) is 34.6 Å². The summed E-state index contributed by atoms with van der Waals surface area (Å²) in [6.45, 7) is 3.98. The summed E-state index contributed by atoms with van der Waals surface area (Å²) in [4.78, 5) is 18.6. The second-order valence-corrected chi connectivity index (χ2v) is 4.07. The lowest BCUT2D eigenvalue weighted by molar-refractivity contribution is 0.766. The minimum Gasteiger partial charge on any atom is -0.310 e. The smallest absolute Gasteiger partial charge is 0.251 e. The minimum absolute atomic E-state index is 0.127. The normalized spacial score (nSPS) is 11.0. The van der Waals surface area contributed by atoms with Gasteiger partial charge in [0.15, 0.2) is 0 Å². The number of hydrogen-bond donors (Lipinski definition) is 1. The lowest BCUT2D eigenvalue weighted by atomic mass is 10.2. The summed E-state index contributed by atoms with van der Waals surface area (Å²) in [5, 5.41) is 4.06. The van der Waals surface area contributed by atoms with E-state index in [4.69, 9.17) is 0 Å². The van der Waals surface area contributed by atoms with Crippen molar-refractivity contribution in [1.82, 2.24) is 19.7 Å². The van der Waals surface area contributed by atoms with E-state index < -0.39 is 0 Å². The van der Waals surface area contributed by atoms with Gasteiger partial charge in [0.25, 0.3) is 5.56 Å². The Morgan fingerprint density at radius 2 is 2.19 bits per heavy atom. The molecule has 0 saturated carbocycles. The van der Waals surface area contributed by atoms with E-state index in [-0.39, 0.29) is 11.5 Å². The number of aromatic nitrogens is 4. The number of nitrogens with one attached hydrogen (secondary N) is 1. The van der Waals surface area contributed by atoms with Crippen LogP contribution in [-0.2, 0) is 7.05 Å². The van der Waals surface area contributed by atoms with Crippen molar-refractivity contribution in [3.8, 4) is 11.3 Å². The molecule has 0 bridgehead atoms. The molecule has 2 aromatic rings. The first-order valence-electron chi connectivity index (χ1n) is 5.16. The van der Waals surface area contributed by atoms with Gasteiger partial charge in [-0.15, -0.1) is 0 Å². The summed E-state index contributed by atoms with van der Waals surface area (Å²) in [5.41, 5.74) is 1.40. The third kappa shape index (κ3) is 2.03. The number of aryl methyl sites for hydroxylation is 1. The van der Waals surface area contributed by atoms with Gasteiger partial charge >= 0.3 is 0 Å². The van der Waals surface area contributed by atoms with Gasteiger partial charge in [-0.05, 0) is 0 Å². The van der Waals surface area contributed by atoms with Crippen molar-refractivity contribution in [1.29, 1.82) is 0 Å². The monoisotopic (exact) mass is 218 g/mol. The molecule has 2 rings (SSSR count). The van der Waals surface area contributed by atoms with E-state index >= 15 is 0 Å². The molecule has 0 radical (unpaired) electrons. The van der Waals surface area contributed by atoms with Gasteiger partial charge in [0.05, 0.1) is 11.9 Å². The SMILES string of the molecule is CC(C)c1nc(-c2cnn(C)c2)cc(=O)[nH]1. The highest BCUT2D eigenvalue weighted by atomic mass is 16.1. The highest BCUT2D eigenvalue weighted by Gasteiger charge is 2.07. The molecule has 84 valence electrons. The summed E-state index contributed by atoms with van der Waals surface area (Å²) in [7, 11) is 1.83. The zero-order valence-electron chi connectivity index (χ0n) is 9.56. The minimum atomic E-state index is -0.127. The van der Waals surface area contributed by atoms with Crippen LogP contribution in [0.3, 0.4) is 0 Å². The van der Waals surface area contributed by atoms with Crippen LogP contribution in [0.25, 0.3) is 11.3 Å². The zero-order chi connectivity index (χ0) is 11.7. The fourth-order valence-electron chi connectivity index (χ4n) is 1.45. The van der Waals surface area contributed by atoms with E-state index in [9.17, 15) is 4.79 Å². The quantitative estimate of drug-likeness (QED) is 0.826. The van der Waals surface area contributed by atoms with E-state index in [0.29, 0.717) is 11.5 Å². The van der Waals surface area contributed by atoms with Gasteiger partial charge in [-0.25, -0.2) is 4.98 Å². The standard InChI is InChI=1S/C11H14N4O/c1-7(2)11-13-9(4-10(16)14-11)8-5-12-15(3)6-8/h4-7H,1-3H3,(H,13,14,16). The molecular weight excluding hydrogens is 204 g/mol. The van der Waals surface area contributed by atoms with Crippen LogP contribution >= 0.6 is 0 Å². The van der Waals surface area contributed by atoms with Crippen LogP contribution < -0.4 is 5.56 Å². The lowest BCUT2D eigenvalue weighted by Crippen LogP contribution is -2.11. The van der Waals surface area contributed by atoms with Crippen molar-refractivity contribution < 1.29 is 0 Å². The van der Waals surface area contributed by atoms with Gasteiger partial charge in [-0.3, -0.25) is 9.48 Å². The van der Waals surface area contributed by atoms with Gasteiger partial charge in [-0.2, -0.15) is 5.10 Å². The van der Waals surface area contributed by atoms with Gasteiger partial charge in [0.2, 0.25) is 0 Å². The molecule has 2 aromatic heterocycles. The summed E-state index contributed by atoms with van der Waals surface area (Å²) in [6, 6.07) is 1.49. The lowest BCUT2D eigenvalue weighted by Gasteiger charge is -2.05. The average Bonchev–Trinajstić information content (AvgIpc) is 2.64. The van der Waals surface area contributed by atoms with Crippen LogP contribution in [0.5, 0.6) is 0 Å². The van der Waals surface area contributed by atoms with Crippen LogP contribution in [0.4, 0.5) is 0 Å². The molecule has 0 spiro atoms. The Morgan fingerprint density at radius 1 is 1.44 bits per heavy atom. The molecule has 0 aliphatic rings. The molecule has 0 fully saturated rings. The average molecular weight is 218 g/mol. The zero-order valence-corrected chi connectivity index (χ0v) is 9.56. The Labute approximate surface area is 93.2 Å². The fourth-order valence-corrected chi connectivity index (χ4v) is 1.45. The van der Waals surface area contributed by atoms with Crippen LogP contribution in [0, 0.1) is 0 Å². The summed E-state index contributed by atoms with van der Waals surface area (Å²) in [6.07, 6.45) is 3.54. The van der Waals surface area contributed by atoms with Crippen LogP contribution in [0.15, 0.2) is 23.3 Å². The molecule has 0 saturated heterocycles. The largest absolute Gasteiger partial charge is 0.310 e. The Hall–Kier alpha value is -1.91. The van der Waals surface area contributed by atoms with Gasteiger partial charge in [-0.1, -0.05) is 13.8 Å². The second kappa shape index (κ2) is 3.92. The third-order valence-corrected chi connectivity index (χ3v) is 2.31. The Kier molecular flexibility index (Phi) is 2.60. The van der Waals surface area contributed by atoms with E-state index in [1.54, 1.807) is 10.9 Å². The number of H-pyrrole nitrogens is 1. The second-order valence-electron chi connectivity index (χ2n) is 4.07. The van der Waals surface area contributed by atoms with Gasteiger partial charge < -0.3 is 4.98 Å². The van der Waals surface area contributed by atoms with Crippen molar-refractivity contribution in [2.45, 2.75) is 19.8 Å². The van der Waals surface area contributed by atoms with E-state index in [0.717, 1.165) is 5.56 Å². The molecule has 2 heterocycles. The molecule has 16 heavy (non-hydrogen) atoms. The number of aromatic amines is 1. The molecule has 1 N–H and O–H groups in total. The first kappa shape index (κ1) is 10.6. The molecule has 5 nitrogen and oxygen atoms in total. The number of hydrogen-bond acceptors (Lipinski definition) is 3. The van der Waals surface area contributed by atoms with Crippen molar-refractivity contribution in [2.75, 3.05) is 0 Å². The number of rotatable bonds is 2. The Balaban J connectivity index is 2.53. The van der Waals surface area contributed by atoms with Crippen LogP contribution in [0.1, 0.15) is 25.6 Å². The molecule has 0 aliphatic heterocycles. The predicted molar refractivity (Wildman–Crippen MR) is 61.1 cm³/mol. The summed E-state index contributed by atoms with van der Waals surface area (Å²) >= 11 is 0. The predicted octanol–water partition coefficient (Wildman–Crippen LogP) is 1.29. The van der Waals surface area contributed by atoms with Crippen molar-refractivity contribution in [2.24, 2.45) is 7.05 Å². The van der Waals surface area contributed by atoms with Crippen molar-refractivity contribution >= 4 is 0 Å². The molecule has 0 amide bonds. The Morgan fingerprint density at radius 3 is 2.75 bits per heavy atom. The molecule has 0 aliphatic carbocycles. The van der Waals surface area contributed by atoms with Gasteiger partial charge in [0.1, 0.15) is 5.82 Å². The molecule has 5 heteroatoms. The first-order chi connectivity index (χ1) is 7.56. The first-order valence-corrected chi connectivity index (χ1v) is 5.16. The maximum atomic E-state index is 11.5. The summed E-state index contributed by atoms with van der Waals surface area (Å²) < 4.78 is 1.69. The van der Waals surface area contributed by atoms with E-state index in [1.165, 1.54) is 6.07 Å². The van der Waals surface area contributed by atoms with Gasteiger partial charge in [0, 0.05) is 30.8 Å². The maximum absolute atomic E-state index is 11.5. The topological polar surface area (TPSA) is 63.6 Å². The highest BCUT2D eigenvalue weighted by Crippen LogP contribution is 2.15. The molecule has 0 atom stereocenters. The summed E-state index contributed by atoms with van der Waals surface area (Å²) in [5.74, 6) is 0.899. The molecular formula is C11H14N4O. The van der Waals surface area contributed by atoms with E-state index in [1.807, 2.05) is 27.1 Å². The molecule has 0 unspecified atom stereocenters.